The van der Waals surface area contributed by atoms with E-state index in [2.05, 4.69) is 0 Å². The SMILES string of the molecule is NC(C(=O)OCc1ccccc1Cl)C1CC1. The Kier molecular flexibility index (Phi) is 3.46. The molecule has 0 spiro atoms. The molecule has 1 aromatic carbocycles. The number of ether oxygens (including phenoxy) is 1. The highest BCUT2D eigenvalue weighted by molar-refractivity contribution is 6.31. The molecular weight excluding hydrogens is 226 g/mol. The number of rotatable bonds is 4. The zero-order valence-electron chi connectivity index (χ0n) is 8.86. The molecule has 1 unspecified atom stereocenters. The van der Waals surface area contributed by atoms with E-state index in [0.29, 0.717) is 10.9 Å². The fraction of sp³-hybridized carbons (Fsp3) is 0.417. The van der Waals surface area contributed by atoms with Gasteiger partial charge in [-0.15, -0.1) is 0 Å². The second-order valence-corrected chi connectivity index (χ2v) is 4.47. The van der Waals surface area contributed by atoms with Gasteiger partial charge in [0.15, 0.2) is 0 Å². The van der Waals surface area contributed by atoms with Crippen LogP contribution in [0.25, 0.3) is 0 Å². The molecule has 3 nitrogen and oxygen atoms in total. The van der Waals surface area contributed by atoms with Gasteiger partial charge in [0, 0.05) is 10.6 Å². The minimum atomic E-state index is -0.470. The first-order valence-corrected chi connectivity index (χ1v) is 5.72. The highest BCUT2D eigenvalue weighted by Gasteiger charge is 2.34. The Morgan fingerprint density at radius 1 is 1.50 bits per heavy atom. The van der Waals surface area contributed by atoms with E-state index in [1.807, 2.05) is 18.2 Å². The van der Waals surface area contributed by atoms with Crippen molar-refractivity contribution in [3.63, 3.8) is 0 Å². The largest absolute Gasteiger partial charge is 0.460 e. The number of nitrogens with two attached hydrogens (primary N) is 1. The lowest BCUT2D eigenvalue weighted by Gasteiger charge is -2.10. The van der Waals surface area contributed by atoms with E-state index in [1.54, 1.807) is 6.07 Å². The molecule has 0 radical (unpaired) electrons. The number of benzene rings is 1. The summed E-state index contributed by atoms with van der Waals surface area (Å²) < 4.78 is 5.12. The van der Waals surface area contributed by atoms with E-state index in [0.717, 1.165) is 18.4 Å². The van der Waals surface area contributed by atoms with Crippen molar-refractivity contribution in [2.75, 3.05) is 0 Å². The van der Waals surface area contributed by atoms with Crippen LogP contribution < -0.4 is 5.73 Å². The lowest BCUT2D eigenvalue weighted by atomic mass is 10.2. The van der Waals surface area contributed by atoms with Crippen LogP contribution in [0.3, 0.4) is 0 Å². The first-order valence-electron chi connectivity index (χ1n) is 5.34. The Balaban J connectivity index is 1.87. The van der Waals surface area contributed by atoms with Crippen LogP contribution in [-0.4, -0.2) is 12.0 Å². The van der Waals surface area contributed by atoms with Crippen LogP contribution in [0.5, 0.6) is 0 Å². The smallest absolute Gasteiger partial charge is 0.323 e. The molecule has 0 aliphatic heterocycles. The van der Waals surface area contributed by atoms with Gasteiger partial charge in [-0.3, -0.25) is 4.79 Å². The van der Waals surface area contributed by atoms with E-state index in [1.165, 1.54) is 0 Å². The summed E-state index contributed by atoms with van der Waals surface area (Å²) >= 11 is 5.94. The lowest BCUT2D eigenvalue weighted by molar-refractivity contribution is -0.147. The number of hydrogen-bond acceptors (Lipinski definition) is 3. The Labute approximate surface area is 99.5 Å². The van der Waals surface area contributed by atoms with Gasteiger partial charge in [-0.2, -0.15) is 0 Å². The molecule has 0 aromatic heterocycles. The number of carbonyl (C=O) groups is 1. The summed E-state index contributed by atoms with van der Waals surface area (Å²) in [5.74, 6) is -0.0128. The van der Waals surface area contributed by atoms with E-state index in [4.69, 9.17) is 22.1 Å². The zero-order valence-corrected chi connectivity index (χ0v) is 9.61. The Morgan fingerprint density at radius 2 is 2.19 bits per heavy atom. The Bertz CT molecular complexity index is 390. The standard InChI is InChI=1S/C12H14ClNO2/c13-10-4-2-1-3-9(10)7-16-12(15)11(14)8-5-6-8/h1-4,8,11H,5-7,14H2. The van der Waals surface area contributed by atoms with Crippen LogP contribution in [0, 0.1) is 5.92 Å². The molecule has 2 N–H and O–H groups in total. The summed E-state index contributed by atoms with van der Waals surface area (Å²) in [7, 11) is 0. The minimum Gasteiger partial charge on any atom is -0.460 e. The van der Waals surface area contributed by atoms with Crippen molar-refractivity contribution in [2.24, 2.45) is 11.7 Å². The lowest BCUT2D eigenvalue weighted by Crippen LogP contribution is -2.34. The molecule has 1 atom stereocenters. The van der Waals surface area contributed by atoms with Gasteiger partial charge in [0.2, 0.25) is 0 Å². The van der Waals surface area contributed by atoms with Gasteiger partial charge >= 0.3 is 5.97 Å². The van der Waals surface area contributed by atoms with Crippen LogP contribution in [0.15, 0.2) is 24.3 Å². The van der Waals surface area contributed by atoms with Gasteiger partial charge < -0.3 is 10.5 Å². The normalized spacial score (nSPS) is 16.9. The fourth-order valence-electron chi connectivity index (χ4n) is 1.51. The maximum absolute atomic E-state index is 11.5. The van der Waals surface area contributed by atoms with E-state index >= 15 is 0 Å². The topological polar surface area (TPSA) is 52.3 Å². The van der Waals surface area contributed by atoms with Crippen LogP contribution in [0.1, 0.15) is 18.4 Å². The summed E-state index contributed by atoms with van der Waals surface area (Å²) in [5, 5.41) is 0.607. The van der Waals surface area contributed by atoms with Crippen molar-refractivity contribution >= 4 is 17.6 Å². The average molecular weight is 240 g/mol. The van der Waals surface area contributed by atoms with E-state index in [-0.39, 0.29) is 12.6 Å². The van der Waals surface area contributed by atoms with Gasteiger partial charge in [-0.05, 0) is 24.8 Å². The fourth-order valence-corrected chi connectivity index (χ4v) is 1.70. The monoisotopic (exact) mass is 239 g/mol. The Morgan fingerprint density at radius 3 is 2.81 bits per heavy atom. The van der Waals surface area contributed by atoms with Gasteiger partial charge in [0.25, 0.3) is 0 Å². The molecular formula is C12H14ClNO2. The summed E-state index contributed by atoms with van der Waals surface area (Å²) in [6, 6.07) is 6.82. The molecule has 0 amide bonds. The Hall–Kier alpha value is -1.06. The third kappa shape index (κ3) is 2.74. The van der Waals surface area contributed by atoms with Crippen LogP contribution in [0.2, 0.25) is 5.02 Å². The maximum atomic E-state index is 11.5. The maximum Gasteiger partial charge on any atom is 0.323 e. The highest BCUT2D eigenvalue weighted by atomic mass is 35.5. The summed E-state index contributed by atoms with van der Waals surface area (Å²) in [6.07, 6.45) is 2.06. The molecule has 86 valence electrons. The molecule has 2 rings (SSSR count). The number of carbonyl (C=O) groups excluding carboxylic acids is 1. The second-order valence-electron chi connectivity index (χ2n) is 4.06. The number of hydrogen-bond donors (Lipinski definition) is 1. The van der Waals surface area contributed by atoms with Crippen LogP contribution in [0.4, 0.5) is 0 Å². The van der Waals surface area contributed by atoms with Crippen molar-refractivity contribution < 1.29 is 9.53 Å². The summed E-state index contributed by atoms with van der Waals surface area (Å²) in [6.45, 7) is 0.193. The third-order valence-corrected chi connectivity index (χ3v) is 3.10. The molecule has 4 heteroatoms. The molecule has 0 bridgehead atoms. The average Bonchev–Trinajstić information content (AvgIpc) is 3.10. The first kappa shape index (κ1) is 11.4. The first-order chi connectivity index (χ1) is 7.68. The number of esters is 1. The van der Waals surface area contributed by atoms with Gasteiger partial charge in [-0.25, -0.2) is 0 Å². The quantitative estimate of drug-likeness (QED) is 0.819. The molecule has 1 aliphatic rings. The molecule has 1 fully saturated rings. The second kappa shape index (κ2) is 4.85. The minimum absolute atomic E-state index is 0.193. The molecule has 1 saturated carbocycles. The van der Waals surface area contributed by atoms with E-state index < -0.39 is 6.04 Å². The summed E-state index contributed by atoms with van der Waals surface area (Å²) in [4.78, 5) is 11.5. The zero-order chi connectivity index (χ0) is 11.5. The van der Waals surface area contributed by atoms with Crippen molar-refractivity contribution in [2.45, 2.75) is 25.5 Å². The molecule has 0 heterocycles. The van der Waals surface area contributed by atoms with Gasteiger partial charge in [0.05, 0.1) is 0 Å². The van der Waals surface area contributed by atoms with Crippen molar-refractivity contribution in [3.8, 4) is 0 Å². The van der Waals surface area contributed by atoms with Gasteiger partial charge in [-0.1, -0.05) is 29.8 Å². The van der Waals surface area contributed by atoms with Crippen molar-refractivity contribution in [3.05, 3.63) is 34.9 Å². The highest BCUT2D eigenvalue weighted by Crippen LogP contribution is 2.32. The van der Waals surface area contributed by atoms with Gasteiger partial charge in [0.1, 0.15) is 12.6 Å². The summed E-state index contributed by atoms with van der Waals surface area (Å²) in [5.41, 5.74) is 6.52. The third-order valence-electron chi connectivity index (χ3n) is 2.73. The number of halogens is 1. The predicted octanol–water partition coefficient (Wildman–Crippen LogP) is 2.12. The molecule has 1 aliphatic carbocycles. The molecule has 0 saturated heterocycles. The molecule has 16 heavy (non-hydrogen) atoms. The molecule has 1 aromatic rings. The van der Waals surface area contributed by atoms with Crippen molar-refractivity contribution in [1.29, 1.82) is 0 Å². The van der Waals surface area contributed by atoms with Crippen LogP contribution in [-0.2, 0) is 16.1 Å². The predicted molar refractivity (Wildman–Crippen MR) is 61.9 cm³/mol. The van der Waals surface area contributed by atoms with Crippen molar-refractivity contribution in [1.82, 2.24) is 0 Å². The van der Waals surface area contributed by atoms with Crippen LogP contribution >= 0.6 is 11.6 Å². The van der Waals surface area contributed by atoms with E-state index in [9.17, 15) is 4.79 Å².